The van der Waals surface area contributed by atoms with E-state index >= 15 is 0 Å². The van der Waals surface area contributed by atoms with Crippen molar-refractivity contribution in [3.63, 3.8) is 0 Å². The molecule has 2 aromatic rings. The van der Waals surface area contributed by atoms with Crippen LogP contribution in [0.2, 0.25) is 0 Å². The molecule has 0 bridgehead atoms. The summed E-state index contributed by atoms with van der Waals surface area (Å²) >= 11 is 0. The van der Waals surface area contributed by atoms with Crippen molar-refractivity contribution in [2.45, 2.75) is 24.7 Å². The fourth-order valence-electron chi connectivity index (χ4n) is 3.06. The standard InChI is InChI=1S/C20H23NO4S/c1-16(22)18-7-9-20(10-8-18)26(23,24)21-13-11-17(12-14-21)15-25-19-5-3-2-4-6-19/h2-10,17H,11-15H2,1H3. The highest BCUT2D eigenvalue weighted by Crippen LogP contribution is 2.25. The van der Waals surface area contributed by atoms with Gasteiger partial charge in [-0.2, -0.15) is 4.31 Å². The number of ketones is 1. The number of para-hydroxylation sites is 1. The predicted molar refractivity (Wildman–Crippen MR) is 99.9 cm³/mol. The molecule has 0 radical (unpaired) electrons. The number of carbonyl (C=O) groups excluding carboxylic acids is 1. The first kappa shape index (κ1) is 18.6. The Balaban J connectivity index is 1.57. The lowest BCUT2D eigenvalue weighted by Gasteiger charge is -2.31. The van der Waals surface area contributed by atoms with Crippen LogP contribution in [-0.4, -0.2) is 38.2 Å². The molecule has 6 heteroatoms. The molecule has 26 heavy (non-hydrogen) atoms. The number of rotatable bonds is 6. The number of sulfonamides is 1. The number of nitrogens with zero attached hydrogens (tertiary/aromatic N) is 1. The Hall–Kier alpha value is -2.18. The summed E-state index contributed by atoms with van der Waals surface area (Å²) in [6, 6.07) is 15.8. The normalized spacial score (nSPS) is 16.3. The maximum absolute atomic E-state index is 12.8. The zero-order chi connectivity index (χ0) is 18.6. The molecule has 0 aliphatic carbocycles. The number of carbonyl (C=O) groups is 1. The first-order valence-corrected chi connectivity index (χ1v) is 10.2. The van der Waals surface area contributed by atoms with E-state index in [1.807, 2.05) is 30.3 Å². The molecule has 0 spiro atoms. The molecule has 1 saturated heterocycles. The third-order valence-corrected chi connectivity index (χ3v) is 6.61. The van der Waals surface area contributed by atoms with Crippen molar-refractivity contribution in [2.24, 2.45) is 5.92 Å². The first-order chi connectivity index (χ1) is 12.5. The van der Waals surface area contributed by atoms with E-state index in [-0.39, 0.29) is 10.7 Å². The summed E-state index contributed by atoms with van der Waals surface area (Å²) < 4.78 is 32.8. The molecular weight excluding hydrogens is 350 g/mol. The molecule has 1 heterocycles. The molecule has 0 aromatic heterocycles. The predicted octanol–water partition coefficient (Wildman–Crippen LogP) is 3.37. The van der Waals surface area contributed by atoms with E-state index < -0.39 is 10.0 Å². The Morgan fingerprint density at radius 2 is 1.65 bits per heavy atom. The van der Waals surface area contributed by atoms with Gasteiger partial charge in [0.1, 0.15) is 5.75 Å². The molecule has 138 valence electrons. The van der Waals surface area contributed by atoms with Crippen LogP contribution in [0.5, 0.6) is 5.75 Å². The van der Waals surface area contributed by atoms with Crippen LogP contribution in [0, 0.1) is 5.92 Å². The Morgan fingerprint density at radius 1 is 1.04 bits per heavy atom. The smallest absolute Gasteiger partial charge is 0.243 e. The zero-order valence-corrected chi connectivity index (χ0v) is 15.6. The number of piperidine rings is 1. The molecule has 1 aliphatic heterocycles. The number of hydrogen-bond donors (Lipinski definition) is 0. The van der Waals surface area contributed by atoms with Crippen LogP contribution >= 0.6 is 0 Å². The molecule has 0 atom stereocenters. The average Bonchev–Trinajstić information content (AvgIpc) is 2.67. The van der Waals surface area contributed by atoms with Crippen molar-refractivity contribution in [1.29, 1.82) is 0 Å². The molecular formula is C20H23NO4S. The molecule has 1 fully saturated rings. The van der Waals surface area contributed by atoms with Crippen LogP contribution < -0.4 is 4.74 Å². The van der Waals surface area contributed by atoms with E-state index in [4.69, 9.17) is 4.74 Å². The summed E-state index contributed by atoms with van der Waals surface area (Å²) in [6.45, 7) is 3.04. The third-order valence-electron chi connectivity index (χ3n) is 4.70. The lowest BCUT2D eigenvalue weighted by molar-refractivity contribution is 0.101. The van der Waals surface area contributed by atoms with E-state index in [0.717, 1.165) is 18.6 Å². The SMILES string of the molecule is CC(=O)c1ccc(S(=O)(=O)N2CCC(COc3ccccc3)CC2)cc1. The topological polar surface area (TPSA) is 63.7 Å². The van der Waals surface area contributed by atoms with E-state index in [1.165, 1.54) is 23.4 Å². The van der Waals surface area contributed by atoms with Gasteiger partial charge in [0.25, 0.3) is 0 Å². The zero-order valence-electron chi connectivity index (χ0n) is 14.8. The van der Waals surface area contributed by atoms with E-state index in [0.29, 0.717) is 31.2 Å². The van der Waals surface area contributed by atoms with Gasteiger partial charge >= 0.3 is 0 Å². The van der Waals surface area contributed by atoms with Gasteiger partial charge < -0.3 is 4.74 Å². The molecule has 5 nitrogen and oxygen atoms in total. The van der Waals surface area contributed by atoms with E-state index in [1.54, 1.807) is 12.1 Å². The monoisotopic (exact) mass is 373 g/mol. The Kier molecular flexibility index (Phi) is 5.74. The van der Waals surface area contributed by atoms with Crippen molar-refractivity contribution in [3.8, 4) is 5.75 Å². The molecule has 0 saturated carbocycles. The summed E-state index contributed by atoms with van der Waals surface area (Å²) in [5, 5.41) is 0. The summed E-state index contributed by atoms with van der Waals surface area (Å²) in [6.07, 6.45) is 1.55. The van der Waals surface area contributed by atoms with Crippen LogP contribution in [0.3, 0.4) is 0 Å². The van der Waals surface area contributed by atoms with Gasteiger partial charge in [0.05, 0.1) is 11.5 Å². The molecule has 1 aliphatic rings. The van der Waals surface area contributed by atoms with Crippen LogP contribution in [-0.2, 0) is 10.0 Å². The van der Waals surface area contributed by atoms with E-state index in [9.17, 15) is 13.2 Å². The minimum atomic E-state index is -3.51. The Labute approximate surface area is 154 Å². The molecule has 0 N–H and O–H groups in total. The van der Waals surface area contributed by atoms with Gasteiger partial charge in [-0.1, -0.05) is 30.3 Å². The molecule has 0 unspecified atom stereocenters. The fraction of sp³-hybridized carbons (Fsp3) is 0.350. The van der Waals surface area contributed by atoms with E-state index in [2.05, 4.69) is 0 Å². The number of benzene rings is 2. The van der Waals surface area contributed by atoms with Crippen molar-refractivity contribution in [2.75, 3.05) is 19.7 Å². The largest absolute Gasteiger partial charge is 0.493 e. The van der Waals surface area contributed by atoms with Crippen LogP contribution in [0.25, 0.3) is 0 Å². The minimum absolute atomic E-state index is 0.0758. The molecule has 2 aromatic carbocycles. The number of hydrogen-bond acceptors (Lipinski definition) is 4. The van der Waals surface area contributed by atoms with Gasteiger partial charge in [0.15, 0.2) is 5.78 Å². The number of Topliss-reactive ketones (excluding diaryl/α,β-unsaturated/α-hetero) is 1. The third kappa shape index (κ3) is 4.31. The quantitative estimate of drug-likeness (QED) is 0.728. The summed E-state index contributed by atoms with van der Waals surface area (Å²) in [7, 11) is -3.51. The lowest BCUT2D eigenvalue weighted by atomic mass is 9.99. The highest BCUT2D eigenvalue weighted by Gasteiger charge is 2.29. The van der Waals surface area contributed by atoms with Crippen LogP contribution in [0.15, 0.2) is 59.5 Å². The van der Waals surface area contributed by atoms with Gasteiger partial charge in [0.2, 0.25) is 10.0 Å². The summed E-state index contributed by atoms with van der Waals surface area (Å²) in [5.74, 6) is 1.11. The summed E-state index contributed by atoms with van der Waals surface area (Å²) in [5.41, 5.74) is 0.515. The van der Waals surface area contributed by atoms with Crippen molar-refractivity contribution >= 4 is 15.8 Å². The van der Waals surface area contributed by atoms with Gasteiger partial charge in [-0.05, 0) is 49.9 Å². The van der Waals surface area contributed by atoms with Crippen LogP contribution in [0.4, 0.5) is 0 Å². The maximum atomic E-state index is 12.8. The van der Waals surface area contributed by atoms with Gasteiger partial charge in [0, 0.05) is 18.7 Å². The molecule has 0 amide bonds. The van der Waals surface area contributed by atoms with Crippen molar-refractivity contribution < 1.29 is 17.9 Å². The second-order valence-corrected chi connectivity index (χ2v) is 8.49. The lowest BCUT2D eigenvalue weighted by Crippen LogP contribution is -2.39. The van der Waals surface area contributed by atoms with Gasteiger partial charge in [-0.15, -0.1) is 0 Å². The van der Waals surface area contributed by atoms with Crippen molar-refractivity contribution in [3.05, 3.63) is 60.2 Å². The minimum Gasteiger partial charge on any atom is -0.493 e. The number of ether oxygens (including phenoxy) is 1. The second-order valence-electron chi connectivity index (χ2n) is 6.55. The summed E-state index contributed by atoms with van der Waals surface area (Å²) in [4.78, 5) is 11.6. The van der Waals surface area contributed by atoms with Gasteiger partial charge in [-0.3, -0.25) is 4.79 Å². The molecule has 3 rings (SSSR count). The second kappa shape index (κ2) is 8.01. The van der Waals surface area contributed by atoms with Crippen molar-refractivity contribution in [1.82, 2.24) is 4.31 Å². The highest BCUT2D eigenvalue weighted by atomic mass is 32.2. The highest BCUT2D eigenvalue weighted by molar-refractivity contribution is 7.89. The average molecular weight is 373 g/mol. The Morgan fingerprint density at radius 3 is 2.23 bits per heavy atom. The van der Waals surface area contributed by atoms with Gasteiger partial charge in [-0.25, -0.2) is 8.42 Å². The Bertz CT molecular complexity index is 839. The van der Waals surface area contributed by atoms with Crippen LogP contribution in [0.1, 0.15) is 30.1 Å². The fourth-order valence-corrected chi connectivity index (χ4v) is 4.53. The maximum Gasteiger partial charge on any atom is 0.243 e. The first-order valence-electron chi connectivity index (χ1n) is 8.76.